The first-order chi connectivity index (χ1) is 9.86. The van der Waals surface area contributed by atoms with Crippen LogP contribution < -0.4 is 0 Å². The predicted octanol–water partition coefficient (Wildman–Crippen LogP) is 5.95. The zero-order valence-electron chi connectivity index (χ0n) is 13.7. The van der Waals surface area contributed by atoms with E-state index in [1.807, 2.05) is 18.2 Å². The Bertz CT molecular complexity index is 486. The summed E-state index contributed by atoms with van der Waals surface area (Å²) in [5.74, 6) is 0.374. The third kappa shape index (κ3) is 6.47. The standard InChI is InChI=1S/C18H27IOSi/c1-5-6-12-16(19)18(21(2,3)4)17(20)14-13-15-10-8-7-9-11-15/h7-11H,5-6,12-14H2,1-4H3/b18-16+. The summed E-state index contributed by atoms with van der Waals surface area (Å²) in [5.41, 5.74) is 1.25. The summed E-state index contributed by atoms with van der Waals surface area (Å²) in [7, 11) is -1.58. The Morgan fingerprint density at radius 2 is 1.71 bits per heavy atom. The van der Waals surface area contributed by atoms with E-state index in [1.165, 1.54) is 27.2 Å². The van der Waals surface area contributed by atoms with Crippen LogP contribution in [0.3, 0.4) is 0 Å². The van der Waals surface area contributed by atoms with Crippen LogP contribution in [0.25, 0.3) is 0 Å². The van der Waals surface area contributed by atoms with Crippen molar-refractivity contribution < 1.29 is 4.79 Å². The summed E-state index contributed by atoms with van der Waals surface area (Å²) >= 11 is 2.42. The molecule has 0 bridgehead atoms. The highest BCUT2D eigenvalue weighted by atomic mass is 127. The molecule has 0 saturated heterocycles. The Morgan fingerprint density at radius 3 is 2.24 bits per heavy atom. The molecule has 0 unspecified atom stereocenters. The molecule has 21 heavy (non-hydrogen) atoms. The van der Waals surface area contributed by atoms with E-state index < -0.39 is 8.07 Å². The van der Waals surface area contributed by atoms with Gasteiger partial charge >= 0.3 is 0 Å². The van der Waals surface area contributed by atoms with Gasteiger partial charge in [-0.25, -0.2) is 0 Å². The summed E-state index contributed by atoms with van der Waals surface area (Å²) in [6, 6.07) is 10.3. The molecule has 0 aliphatic carbocycles. The van der Waals surface area contributed by atoms with Crippen molar-refractivity contribution in [3.05, 3.63) is 44.7 Å². The van der Waals surface area contributed by atoms with Crippen LogP contribution in [0.4, 0.5) is 0 Å². The van der Waals surface area contributed by atoms with Crippen molar-refractivity contribution in [1.82, 2.24) is 0 Å². The summed E-state index contributed by atoms with van der Waals surface area (Å²) < 4.78 is 1.31. The highest BCUT2D eigenvalue weighted by Crippen LogP contribution is 2.29. The maximum atomic E-state index is 12.7. The molecule has 0 atom stereocenters. The minimum absolute atomic E-state index is 0.374. The van der Waals surface area contributed by atoms with Crippen LogP contribution >= 0.6 is 22.6 Å². The molecule has 0 amide bonds. The monoisotopic (exact) mass is 414 g/mol. The average Bonchev–Trinajstić information content (AvgIpc) is 2.42. The minimum atomic E-state index is -1.58. The number of carbonyl (C=O) groups is 1. The molecule has 0 aliphatic rings. The first kappa shape index (κ1) is 18.6. The molecule has 0 spiro atoms. The molecule has 0 saturated carbocycles. The summed E-state index contributed by atoms with van der Waals surface area (Å²) in [5, 5.41) is 1.17. The molecule has 0 aromatic heterocycles. The van der Waals surface area contributed by atoms with Crippen LogP contribution in [0.15, 0.2) is 39.1 Å². The van der Waals surface area contributed by atoms with Crippen molar-refractivity contribution >= 4 is 36.4 Å². The Kier molecular flexibility index (Phi) is 7.88. The third-order valence-corrected chi connectivity index (χ3v) is 7.20. The second kappa shape index (κ2) is 8.88. The van der Waals surface area contributed by atoms with Gasteiger partial charge in [-0.1, -0.05) is 63.3 Å². The summed E-state index contributed by atoms with van der Waals surface area (Å²) in [6.45, 7) is 9.06. The Balaban J connectivity index is 2.82. The van der Waals surface area contributed by atoms with Crippen LogP contribution in [0.1, 0.15) is 38.2 Å². The van der Waals surface area contributed by atoms with E-state index in [4.69, 9.17) is 0 Å². The Labute approximate surface area is 144 Å². The molecule has 0 radical (unpaired) electrons. The largest absolute Gasteiger partial charge is 0.295 e. The van der Waals surface area contributed by atoms with E-state index in [2.05, 4.69) is 61.3 Å². The van der Waals surface area contributed by atoms with E-state index in [0.29, 0.717) is 12.2 Å². The fourth-order valence-electron chi connectivity index (χ4n) is 2.46. The van der Waals surface area contributed by atoms with Crippen molar-refractivity contribution in [2.45, 2.75) is 58.7 Å². The van der Waals surface area contributed by atoms with Crippen molar-refractivity contribution in [3.63, 3.8) is 0 Å². The Hall–Kier alpha value is -0.423. The summed E-state index contributed by atoms with van der Waals surface area (Å²) in [6.07, 6.45) is 4.92. The van der Waals surface area contributed by atoms with Gasteiger partial charge in [0.05, 0.1) is 8.07 Å². The number of hydrogen-bond donors (Lipinski definition) is 0. The predicted molar refractivity (Wildman–Crippen MR) is 104 cm³/mol. The number of halogens is 1. The lowest BCUT2D eigenvalue weighted by molar-refractivity contribution is -0.115. The van der Waals surface area contributed by atoms with E-state index in [-0.39, 0.29) is 0 Å². The second-order valence-electron chi connectivity index (χ2n) is 6.54. The maximum Gasteiger partial charge on any atom is 0.155 e. The average molecular weight is 414 g/mol. The number of unbranched alkanes of at least 4 members (excludes halogenated alkanes) is 1. The van der Waals surface area contributed by atoms with E-state index in [1.54, 1.807) is 0 Å². The molecule has 0 fully saturated rings. The zero-order chi connectivity index (χ0) is 15.9. The first-order valence-electron chi connectivity index (χ1n) is 7.82. The summed E-state index contributed by atoms with van der Waals surface area (Å²) in [4.78, 5) is 12.7. The van der Waals surface area contributed by atoms with E-state index in [9.17, 15) is 4.79 Å². The Morgan fingerprint density at radius 1 is 1.10 bits per heavy atom. The lowest BCUT2D eigenvalue weighted by Crippen LogP contribution is -2.30. The van der Waals surface area contributed by atoms with Gasteiger partial charge in [0.2, 0.25) is 0 Å². The molecule has 0 heterocycles. The molecule has 1 nitrogen and oxygen atoms in total. The van der Waals surface area contributed by atoms with Gasteiger partial charge in [0.1, 0.15) is 0 Å². The minimum Gasteiger partial charge on any atom is -0.295 e. The normalized spacial score (nSPS) is 13.0. The van der Waals surface area contributed by atoms with E-state index in [0.717, 1.165) is 12.8 Å². The van der Waals surface area contributed by atoms with Gasteiger partial charge < -0.3 is 0 Å². The molecule has 116 valence electrons. The topological polar surface area (TPSA) is 17.1 Å². The number of Topliss-reactive ketones (excluding diaryl/α,β-unsaturated/α-hetero) is 1. The number of rotatable bonds is 8. The fourth-order valence-corrected chi connectivity index (χ4v) is 7.47. The molecule has 0 N–H and O–H groups in total. The third-order valence-electron chi connectivity index (χ3n) is 3.53. The molecular formula is C18H27IOSi. The molecule has 3 heteroatoms. The second-order valence-corrected chi connectivity index (χ2v) is 12.8. The first-order valence-corrected chi connectivity index (χ1v) is 12.4. The van der Waals surface area contributed by atoms with Gasteiger partial charge in [-0.3, -0.25) is 4.79 Å². The van der Waals surface area contributed by atoms with Crippen LogP contribution in [0.5, 0.6) is 0 Å². The zero-order valence-corrected chi connectivity index (χ0v) is 16.9. The van der Waals surface area contributed by atoms with Crippen molar-refractivity contribution in [2.24, 2.45) is 0 Å². The van der Waals surface area contributed by atoms with Crippen LogP contribution in [-0.2, 0) is 11.2 Å². The number of benzene rings is 1. The number of ketones is 1. The SMILES string of the molecule is CCCC/C(I)=C(/C(=O)CCc1ccccc1)[Si](C)(C)C. The number of aryl methyl sites for hydroxylation is 1. The van der Waals surface area contributed by atoms with Gasteiger partial charge in [0.15, 0.2) is 5.78 Å². The smallest absolute Gasteiger partial charge is 0.155 e. The van der Waals surface area contributed by atoms with Gasteiger partial charge in [-0.15, -0.1) is 0 Å². The lowest BCUT2D eigenvalue weighted by atomic mass is 10.1. The lowest BCUT2D eigenvalue weighted by Gasteiger charge is -2.22. The van der Waals surface area contributed by atoms with Crippen molar-refractivity contribution in [3.8, 4) is 0 Å². The quantitative estimate of drug-likeness (QED) is 0.292. The van der Waals surface area contributed by atoms with Crippen molar-refractivity contribution in [2.75, 3.05) is 0 Å². The highest BCUT2D eigenvalue weighted by molar-refractivity contribution is 14.1. The van der Waals surface area contributed by atoms with Gasteiger partial charge in [-0.05, 0) is 56.2 Å². The van der Waals surface area contributed by atoms with Crippen LogP contribution in [-0.4, -0.2) is 13.9 Å². The molecule has 1 rings (SSSR count). The van der Waals surface area contributed by atoms with Crippen LogP contribution in [0.2, 0.25) is 19.6 Å². The fraction of sp³-hybridized carbons (Fsp3) is 0.500. The van der Waals surface area contributed by atoms with Gasteiger partial charge in [0, 0.05) is 6.42 Å². The number of hydrogen-bond acceptors (Lipinski definition) is 1. The maximum absolute atomic E-state index is 12.7. The van der Waals surface area contributed by atoms with Crippen LogP contribution in [0, 0.1) is 0 Å². The number of carbonyl (C=O) groups excluding carboxylic acids is 1. The highest BCUT2D eigenvalue weighted by Gasteiger charge is 2.27. The molecule has 1 aromatic carbocycles. The van der Waals surface area contributed by atoms with Gasteiger partial charge in [0.25, 0.3) is 0 Å². The molecule has 1 aromatic rings. The molecule has 0 aliphatic heterocycles. The van der Waals surface area contributed by atoms with E-state index >= 15 is 0 Å². The van der Waals surface area contributed by atoms with Crippen molar-refractivity contribution in [1.29, 1.82) is 0 Å². The van der Waals surface area contributed by atoms with Gasteiger partial charge in [-0.2, -0.15) is 0 Å². The molecular weight excluding hydrogens is 387 g/mol. The number of allylic oxidation sites excluding steroid dienone is 2.